The topological polar surface area (TPSA) is 30.5 Å². The fourth-order valence-corrected chi connectivity index (χ4v) is 3.59. The van der Waals surface area contributed by atoms with E-state index < -0.39 is 0 Å². The fourth-order valence-electron chi connectivity index (χ4n) is 3.59. The molecule has 0 heterocycles. The summed E-state index contributed by atoms with van der Waals surface area (Å²) >= 11 is 0. The van der Waals surface area contributed by atoms with Crippen molar-refractivity contribution >= 4 is 11.4 Å². The van der Waals surface area contributed by atoms with E-state index in [0.29, 0.717) is 0 Å². The number of allylic oxidation sites excluding steroid dienone is 1. The van der Waals surface area contributed by atoms with Crippen LogP contribution >= 0.6 is 0 Å². The van der Waals surface area contributed by atoms with Crippen LogP contribution in [-0.2, 0) is 6.54 Å². The standard InChI is InChI=1S/C28H44N4/c1-8-23(3)20-31(21-25-13-11-10-12-14-25)22-29-27-19-26(16-15-24(27)4)32(9-2)18-17-30-28(5,6)7/h10-16,19-20,29-30H,8-9,17-18,21-22H2,1-7H3/b23-20+. The number of hydrogen-bond donors (Lipinski definition) is 2. The second kappa shape index (κ2) is 12.5. The third-order valence-corrected chi connectivity index (χ3v) is 5.67. The first-order valence-corrected chi connectivity index (χ1v) is 12.0. The highest BCUT2D eigenvalue weighted by Crippen LogP contribution is 2.24. The van der Waals surface area contributed by atoms with Crippen LogP contribution < -0.4 is 15.5 Å². The van der Waals surface area contributed by atoms with Gasteiger partial charge in [0.2, 0.25) is 0 Å². The molecule has 0 bridgehead atoms. The number of nitrogens with one attached hydrogen (secondary N) is 2. The lowest BCUT2D eigenvalue weighted by Gasteiger charge is -2.28. The molecule has 0 atom stereocenters. The van der Waals surface area contributed by atoms with E-state index in [-0.39, 0.29) is 5.54 Å². The number of nitrogens with zero attached hydrogens (tertiary/aromatic N) is 2. The summed E-state index contributed by atoms with van der Waals surface area (Å²) in [6.45, 7) is 20.1. The Morgan fingerprint density at radius 3 is 2.38 bits per heavy atom. The minimum Gasteiger partial charge on any atom is -0.370 e. The van der Waals surface area contributed by atoms with Crippen LogP contribution in [0.25, 0.3) is 0 Å². The summed E-state index contributed by atoms with van der Waals surface area (Å²) in [6, 6.07) is 17.4. The SMILES string of the molecule is CC/C(C)=C/N(CNc1cc(N(CC)CCNC(C)(C)C)ccc1C)Cc1ccccc1. The summed E-state index contributed by atoms with van der Waals surface area (Å²) in [5, 5.41) is 7.30. The summed E-state index contributed by atoms with van der Waals surface area (Å²) in [4.78, 5) is 4.80. The zero-order valence-electron chi connectivity index (χ0n) is 21.3. The van der Waals surface area contributed by atoms with Crippen molar-refractivity contribution in [1.82, 2.24) is 10.2 Å². The lowest BCUT2D eigenvalue weighted by molar-refractivity contribution is 0.391. The van der Waals surface area contributed by atoms with Crippen LogP contribution in [0.15, 0.2) is 60.3 Å². The number of hydrogen-bond acceptors (Lipinski definition) is 4. The Hall–Kier alpha value is -2.46. The molecule has 2 N–H and O–H groups in total. The maximum absolute atomic E-state index is 3.70. The summed E-state index contributed by atoms with van der Waals surface area (Å²) in [6.07, 6.45) is 3.35. The van der Waals surface area contributed by atoms with E-state index >= 15 is 0 Å². The van der Waals surface area contributed by atoms with Crippen molar-refractivity contribution in [3.8, 4) is 0 Å². The average molecular weight is 437 g/mol. The molecule has 2 aromatic rings. The molecule has 0 radical (unpaired) electrons. The van der Waals surface area contributed by atoms with Crippen molar-refractivity contribution in [3.63, 3.8) is 0 Å². The van der Waals surface area contributed by atoms with Gasteiger partial charge in [-0.05, 0) is 71.2 Å². The van der Waals surface area contributed by atoms with Crippen molar-refractivity contribution in [3.05, 3.63) is 71.4 Å². The molecule has 0 saturated heterocycles. The van der Waals surface area contributed by atoms with Gasteiger partial charge in [0.1, 0.15) is 0 Å². The molecular weight excluding hydrogens is 392 g/mol. The van der Waals surface area contributed by atoms with Crippen LogP contribution in [0.3, 0.4) is 0 Å². The van der Waals surface area contributed by atoms with Crippen LogP contribution in [0, 0.1) is 6.92 Å². The number of likely N-dealkylation sites (N-methyl/N-ethyl adjacent to an activating group) is 1. The molecule has 0 unspecified atom stereocenters. The van der Waals surface area contributed by atoms with E-state index in [1.165, 1.54) is 28.1 Å². The molecule has 0 aliphatic rings. The number of rotatable bonds is 12. The Kier molecular flexibility index (Phi) is 10.1. The van der Waals surface area contributed by atoms with Crippen molar-refractivity contribution in [2.75, 3.05) is 36.5 Å². The van der Waals surface area contributed by atoms with Gasteiger partial charge in [-0.2, -0.15) is 0 Å². The Bertz CT molecular complexity index is 836. The zero-order chi connectivity index (χ0) is 23.6. The largest absolute Gasteiger partial charge is 0.370 e. The predicted octanol–water partition coefficient (Wildman–Crippen LogP) is 6.39. The first kappa shape index (κ1) is 25.8. The van der Waals surface area contributed by atoms with Gasteiger partial charge in [-0.1, -0.05) is 48.9 Å². The first-order valence-electron chi connectivity index (χ1n) is 12.0. The Balaban J connectivity index is 2.10. The van der Waals surface area contributed by atoms with Gasteiger partial charge < -0.3 is 20.4 Å². The molecule has 4 nitrogen and oxygen atoms in total. The Labute approximate surface area is 196 Å². The van der Waals surface area contributed by atoms with Crippen LogP contribution in [0.1, 0.15) is 59.1 Å². The summed E-state index contributed by atoms with van der Waals surface area (Å²) in [7, 11) is 0. The number of benzene rings is 2. The average Bonchev–Trinajstić information content (AvgIpc) is 2.76. The van der Waals surface area contributed by atoms with Gasteiger partial charge in [-0.15, -0.1) is 0 Å². The van der Waals surface area contributed by atoms with E-state index in [0.717, 1.165) is 39.3 Å². The molecule has 2 aromatic carbocycles. The van der Waals surface area contributed by atoms with E-state index in [2.05, 4.69) is 124 Å². The molecule has 0 spiro atoms. The van der Waals surface area contributed by atoms with Gasteiger partial charge in [0.15, 0.2) is 0 Å². The zero-order valence-corrected chi connectivity index (χ0v) is 21.3. The molecule has 0 saturated carbocycles. The molecule has 0 fully saturated rings. The predicted molar refractivity (Wildman–Crippen MR) is 141 cm³/mol. The normalized spacial score (nSPS) is 12.0. The van der Waals surface area contributed by atoms with Gasteiger partial charge >= 0.3 is 0 Å². The summed E-state index contributed by atoms with van der Waals surface area (Å²) in [5.41, 5.74) is 6.59. The van der Waals surface area contributed by atoms with Gasteiger partial charge in [0, 0.05) is 49.3 Å². The third-order valence-electron chi connectivity index (χ3n) is 5.67. The molecule has 2 rings (SSSR count). The van der Waals surface area contributed by atoms with E-state index in [9.17, 15) is 0 Å². The molecule has 0 amide bonds. The highest BCUT2D eigenvalue weighted by atomic mass is 15.2. The maximum atomic E-state index is 3.70. The highest BCUT2D eigenvalue weighted by molar-refractivity contribution is 5.62. The fraction of sp³-hybridized carbons (Fsp3) is 0.500. The number of aryl methyl sites for hydroxylation is 1. The first-order chi connectivity index (χ1) is 15.2. The monoisotopic (exact) mass is 436 g/mol. The summed E-state index contributed by atoms with van der Waals surface area (Å²) in [5.74, 6) is 0. The van der Waals surface area contributed by atoms with Crippen LogP contribution in [0.5, 0.6) is 0 Å². The smallest absolute Gasteiger partial charge is 0.0874 e. The molecular formula is C28H44N4. The molecule has 0 aliphatic carbocycles. The Morgan fingerprint density at radius 1 is 1.03 bits per heavy atom. The third kappa shape index (κ3) is 8.96. The minimum absolute atomic E-state index is 0.145. The van der Waals surface area contributed by atoms with Gasteiger partial charge in [-0.3, -0.25) is 0 Å². The minimum atomic E-state index is 0.145. The summed E-state index contributed by atoms with van der Waals surface area (Å²) < 4.78 is 0. The van der Waals surface area contributed by atoms with Gasteiger partial charge in [0.25, 0.3) is 0 Å². The van der Waals surface area contributed by atoms with Crippen molar-refractivity contribution < 1.29 is 0 Å². The van der Waals surface area contributed by atoms with E-state index in [1.807, 2.05) is 0 Å². The van der Waals surface area contributed by atoms with Gasteiger partial charge in [-0.25, -0.2) is 0 Å². The molecule has 0 aromatic heterocycles. The van der Waals surface area contributed by atoms with Crippen LogP contribution in [0.2, 0.25) is 0 Å². The van der Waals surface area contributed by atoms with Crippen molar-refractivity contribution in [1.29, 1.82) is 0 Å². The maximum Gasteiger partial charge on any atom is 0.0874 e. The second-order valence-electron chi connectivity index (χ2n) is 9.65. The molecule has 176 valence electrons. The lowest BCUT2D eigenvalue weighted by Crippen LogP contribution is -2.41. The molecule has 4 heteroatoms. The molecule has 0 aliphatic heterocycles. The Morgan fingerprint density at radius 2 is 1.75 bits per heavy atom. The second-order valence-corrected chi connectivity index (χ2v) is 9.65. The van der Waals surface area contributed by atoms with E-state index in [4.69, 9.17) is 0 Å². The quantitative estimate of drug-likeness (QED) is 0.377. The number of anilines is 2. The highest BCUT2D eigenvalue weighted by Gasteiger charge is 2.11. The van der Waals surface area contributed by atoms with Crippen LogP contribution in [-0.4, -0.2) is 36.7 Å². The van der Waals surface area contributed by atoms with E-state index in [1.54, 1.807) is 0 Å². The van der Waals surface area contributed by atoms with Crippen LogP contribution in [0.4, 0.5) is 11.4 Å². The van der Waals surface area contributed by atoms with Crippen molar-refractivity contribution in [2.24, 2.45) is 0 Å². The van der Waals surface area contributed by atoms with Gasteiger partial charge in [0.05, 0.1) is 6.67 Å². The lowest BCUT2D eigenvalue weighted by atomic mass is 10.1. The van der Waals surface area contributed by atoms with Crippen molar-refractivity contribution in [2.45, 2.75) is 67.0 Å². The molecule has 32 heavy (non-hydrogen) atoms.